The molecule has 9 nitrogen and oxygen atoms in total. The molecule has 0 radical (unpaired) electrons. The zero-order valence-electron chi connectivity index (χ0n) is 15.1. The average Bonchev–Trinajstić information content (AvgIpc) is 2.86. The normalized spacial score (nSPS) is 13.2. The van der Waals surface area contributed by atoms with E-state index in [1.165, 1.54) is 6.20 Å². The number of primary amides is 1. The Bertz CT molecular complexity index is 531. The number of aromatic nitrogens is 3. The van der Waals surface area contributed by atoms with E-state index in [0.29, 0.717) is 5.69 Å². The number of H-pyrrole nitrogens is 1. The summed E-state index contributed by atoms with van der Waals surface area (Å²) in [5, 5.41) is 10.1. The van der Waals surface area contributed by atoms with Crippen LogP contribution in [0.3, 0.4) is 0 Å². The van der Waals surface area contributed by atoms with Crippen LogP contribution >= 0.6 is 0 Å². The van der Waals surface area contributed by atoms with Gasteiger partial charge in [0.1, 0.15) is 5.69 Å². The van der Waals surface area contributed by atoms with E-state index in [2.05, 4.69) is 15.4 Å². The second-order valence-electron chi connectivity index (χ2n) is 7.40. The minimum absolute atomic E-state index is 0.00513. The van der Waals surface area contributed by atoms with Crippen molar-refractivity contribution in [3.63, 3.8) is 0 Å². The van der Waals surface area contributed by atoms with Crippen molar-refractivity contribution in [1.29, 1.82) is 0 Å². The van der Waals surface area contributed by atoms with Gasteiger partial charge in [0.2, 0.25) is 0 Å². The van der Waals surface area contributed by atoms with Crippen LogP contribution in [0.15, 0.2) is 6.20 Å². The Labute approximate surface area is 141 Å². The fourth-order valence-corrected chi connectivity index (χ4v) is 2.63. The number of nitrogens with two attached hydrogens (primary N) is 1. The Morgan fingerprint density at radius 3 is 2.25 bits per heavy atom. The second kappa shape index (κ2) is 7.50. The number of hydrogen-bond donors (Lipinski definition) is 2. The molecule has 0 aliphatic carbocycles. The first-order valence-electron chi connectivity index (χ1n) is 7.71. The van der Waals surface area contributed by atoms with Gasteiger partial charge in [-0.05, 0) is 41.5 Å². The maximum Gasteiger partial charge on any atom is 0.411 e. The van der Waals surface area contributed by atoms with Gasteiger partial charge in [-0.3, -0.25) is 4.90 Å². The summed E-state index contributed by atoms with van der Waals surface area (Å²) >= 11 is 0. The standard InChI is InChI=1S/C15H27N5O4/c1-14(2,3)20(15(4,5)6)13(22)24-11(7-8-23-12(16)21)10-9-17-19-18-10/h9,11H,7-8H2,1-6H3,(H2,16,21)(H,17,18,19)/t11-/m0/s1. The Morgan fingerprint density at radius 2 is 1.83 bits per heavy atom. The van der Waals surface area contributed by atoms with Crippen molar-refractivity contribution in [2.75, 3.05) is 6.61 Å². The molecule has 2 amide bonds. The van der Waals surface area contributed by atoms with Crippen LogP contribution in [0, 0.1) is 0 Å². The third-order valence-corrected chi connectivity index (χ3v) is 3.16. The van der Waals surface area contributed by atoms with Gasteiger partial charge < -0.3 is 15.2 Å². The summed E-state index contributed by atoms with van der Waals surface area (Å²) in [6, 6.07) is 0. The number of rotatable bonds is 5. The monoisotopic (exact) mass is 341 g/mol. The molecule has 1 rings (SSSR count). The van der Waals surface area contributed by atoms with E-state index in [4.69, 9.17) is 15.2 Å². The molecule has 0 aliphatic heterocycles. The Kier molecular flexibility index (Phi) is 6.16. The smallest absolute Gasteiger partial charge is 0.411 e. The van der Waals surface area contributed by atoms with Crippen LogP contribution in [0.25, 0.3) is 0 Å². The maximum absolute atomic E-state index is 12.8. The third kappa shape index (κ3) is 5.71. The highest BCUT2D eigenvalue weighted by molar-refractivity contribution is 5.70. The van der Waals surface area contributed by atoms with Crippen molar-refractivity contribution >= 4 is 12.2 Å². The molecule has 1 atom stereocenters. The Morgan fingerprint density at radius 1 is 1.25 bits per heavy atom. The van der Waals surface area contributed by atoms with Crippen molar-refractivity contribution in [3.05, 3.63) is 11.9 Å². The first-order valence-corrected chi connectivity index (χ1v) is 7.71. The SMILES string of the molecule is CC(C)(C)N(C(=O)O[C@@H](CCOC(N)=O)c1cn[nH]n1)C(C)(C)C. The fourth-order valence-electron chi connectivity index (χ4n) is 2.63. The van der Waals surface area contributed by atoms with E-state index in [1.54, 1.807) is 4.90 Å². The number of carbonyl (C=O) groups is 2. The molecule has 1 aromatic rings. The summed E-state index contributed by atoms with van der Waals surface area (Å²) in [7, 11) is 0. The highest BCUT2D eigenvalue weighted by atomic mass is 16.6. The minimum Gasteiger partial charge on any atom is -0.450 e. The van der Waals surface area contributed by atoms with Crippen LogP contribution in [0.2, 0.25) is 0 Å². The van der Waals surface area contributed by atoms with E-state index in [-0.39, 0.29) is 13.0 Å². The minimum atomic E-state index is -0.883. The van der Waals surface area contributed by atoms with Crippen LogP contribution in [-0.4, -0.2) is 50.2 Å². The molecule has 0 aliphatic rings. The van der Waals surface area contributed by atoms with Crippen molar-refractivity contribution in [2.45, 2.75) is 65.1 Å². The molecule has 0 aromatic carbocycles. The molecule has 24 heavy (non-hydrogen) atoms. The summed E-state index contributed by atoms with van der Waals surface area (Å²) in [5.41, 5.74) is 4.52. The first kappa shape index (κ1) is 19.7. The van der Waals surface area contributed by atoms with Gasteiger partial charge in [0.05, 0.1) is 12.8 Å². The van der Waals surface area contributed by atoms with Crippen LogP contribution < -0.4 is 5.73 Å². The largest absolute Gasteiger partial charge is 0.450 e. The van der Waals surface area contributed by atoms with E-state index >= 15 is 0 Å². The number of nitrogens with one attached hydrogen (secondary N) is 1. The topological polar surface area (TPSA) is 123 Å². The lowest BCUT2D eigenvalue weighted by Gasteiger charge is -2.44. The van der Waals surface area contributed by atoms with Gasteiger partial charge in [0.15, 0.2) is 6.10 Å². The van der Waals surface area contributed by atoms with E-state index in [9.17, 15) is 9.59 Å². The lowest BCUT2D eigenvalue weighted by molar-refractivity contribution is -0.00702. The number of hydrogen-bond acceptors (Lipinski definition) is 6. The van der Waals surface area contributed by atoms with Crippen molar-refractivity contribution < 1.29 is 19.1 Å². The van der Waals surface area contributed by atoms with Gasteiger partial charge in [0.25, 0.3) is 0 Å². The second-order valence-corrected chi connectivity index (χ2v) is 7.40. The Balaban J connectivity index is 2.91. The van der Waals surface area contributed by atoms with Crippen LogP contribution in [0.4, 0.5) is 9.59 Å². The predicted octanol–water partition coefficient (Wildman–Crippen LogP) is 2.37. The number of carbonyl (C=O) groups excluding carboxylic acids is 2. The molecule has 9 heteroatoms. The molecule has 3 N–H and O–H groups in total. The van der Waals surface area contributed by atoms with Gasteiger partial charge >= 0.3 is 12.2 Å². The van der Waals surface area contributed by atoms with E-state index < -0.39 is 29.4 Å². The van der Waals surface area contributed by atoms with Gasteiger partial charge in [0, 0.05) is 17.5 Å². The molecular weight excluding hydrogens is 314 g/mol. The van der Waals surface area contributed by atoms with E-state index in [1.807, 2.05) is 41.5 Å². The summed E-state index contributed by atoms with van der Waals surface area (Å²) in [5.74, 6) is 0. The maximum atomic E-state index is 12.8. The Hall–Kier alpha value is -2.32. The van der Waals surface area contributed by atoms with Crippen LogP contribution in [-0.2, 0) is 9.47 Å². The summed E-state index contributed by atoms with van der Waals surface area (Å²) < 4.78 is 10.3. The third-order valence-electron chi connectivity index (χ3n) is 3.16. The molecular formula is C15H27N5O4. The van der Waals surface area contributed by atoms with Crippen LogP contribution in [0.5, 0.6) is 0 Å². The quantitative estimate of drug-likeness (QED) is 0.847. The molecule has 136 valence electrons. The van der Waals surface area contributed by atoms with Gasteiger partial charge in [-0.15, -0.1) is 0 Å². The van der Waals surface area contributed by atoms with Crippen molar-refractivity contribution in [3.8, 4) is 0 Å². The zero-order chi connectivity index (χ0) is 18.5. The average molecular weight is 341 g/mol. The molecule has 0 saturated carbocycles. The van der Waals surface area contributed by atoms with E-state index in [0.717, 1.165) is 0 Å². The van der Waals surface area contributed by atoms with Gasteiger partial charge in [-0.1, -0.05) is 0 Å². The molecule has 0 bridgehead atoms. The number of aromatic amines is 1. The highest BCUT2D eigenvalue weighted by Crippen LogP contribution is 2.28. The molecule has 0 fully saturated rings. The lowest BCUT2D eigenvalue weighted by atomic mass is 9.97. The van der Waals surface area contributed by atoms with Crippen LogP contribution in [0.1, 0.15) is 59.8 Å². The van der Waals surface area contributed by atoms with Gasteiger partial charge in [-0.25, -0.2) is 9.59 Å². The molecule has 0 spiro atoms. The molecule has 0 unspecified atom stereocenters. The summed E-state index contributed by atoms with van der Waals surface area (Å²) in [6.45, 7) is 11.6. The first-order chi connectivity index (χ1) is 10.9. The summed E-state index contributed by atoms with van der Waals surface area (Å²) in [4.78, 5) is 25.1. The van der Waals surface area contributed by atoms with Crippen molar-refractivity contribution in [2.24, 2.45) is 5.73 Å². The molecule has 1 heterocycles. The fraction of sp³-hybridized carbons (Fsp3) is 0.733. The predicted molar refractivity (Wildman–Crippen MR) is 87.1 cm³/mol. The zero-order valence-corrected chi connectivity index (χ0v) is 15.1. The lowest BCUT2D eigenvalue weighted by Crippen LogP contribution is -2.56. The van der Waals surface area contributed by atoms with Crippen molar-refractivity contribution in [1.82, 2.24) is 20.3 Å². The number of ether oxygens (including phenoxy) is 2. The number of amides is 2. The van der Waals surface area contributed by atoms with Gasteiger partial charge in [-0.2, -0.15) is 15.4 Å². The molecule has 1 aromatic heterocycles. The molecule has 0 saturated heterocycles. The summed E-state index contributed by atoms with van der Waals surface area (Å²) in [6.07, 6.45) is -0.388. The highest BCUT2D eigenvalue weighted by Gasteiger charge is 2.38. The number of nitrogens with zero attached hydrogens (tertiary/aromatic N) is 3.